The molecule has 164 valence electrons. The van der Waals surface area contributed by atoms with Gasteiger partial charge in [0.15, 0.2) is 0 Å². The zero-order chi connectivity index (χ0) is 21.3. The molecule has 0 aromatic heterocycles. The Labute approximate surface area is 170 Å². The monoisotopic (exact) mass is 399 g/mol. The molecule has 28 heavy (non-hydrogen) atoms. The van der Waals surface area contributed by atoms with Crippen molar-refractivity contribution in [1.29, 1.82) is 0 Å². The Morgan fingerprint density at radius 2 is 1.54 bits per heavy atom. The molecule has 2 amide bonds. The second-order valence-electron chi connectivity index (χ2n) is 8.44. The normalized spacial score (nSPS) is 24.6. The third-order valence-electron chi connectivity index (χ3n) is 5.71. The third kappa shape index (κ3) is 7.68. The van der Waals surface area contributed by atoms with Crippen molar-refractivity contribution in [3.8, 4) is 0 Å². The van der Waals surface area contributed by atoms with Gasteiger partial charge in [-0.2, -0.15) is 0 Å². The zero-order valence-electron chi connectivity index (χ0n) is 18.4. The fourth-order valence-corrected chi connectivity index (χ4v) is 3.74. The van der Waals surface area contributed by atoms with E-state index in [1.54, 1.807) is 4.90 Å². The summed E-state index contributed by atoms with van der Waals surface area (Å²) in [7, 11) is 2.00. The van der Waals surface area contributed by atoms with Crippen molar-refractivity contribution >= 4 is 11.8 Å². The van der Waals surface area contributed by atoms with E-state index in [0.29, 0.717) is 24.9 Å². The second kappa shape index (κ2) is 12.4. The largest absolute Gasteiger partial charge is 0.390 e. The maximum absolute atomic E-state index is 12.0. The number of aliphatic hydroxyl groups excluding tert-OH is 2. The van der Waals surface area contributed by atoms with Crippen LogP contribution in [0.1, 0.15) is 59.8 Å². The first-order valence-electron chi connectivity index (χ1n) is 10.8. The minimum atomic E-state index is -0.781. The van der Waals surface area contributed by atoms with E-state index in [9.17, 15) is 19.8 Å². The fourth-order valence-electron chi connectivity index (χ4n) is 3.74. The standard InChI is InChI=1S/C12H24N2O.C9H17NO3/c1-4-5-10(2)12(15)14-8-6-11(13-3)7-9-14;1-6(2)9(13)10-4-3-7(11)8(12)5-10/h10-11,13H,4-9H2,1-3H3;6-8,11-12H,3-5H2,1-2H3. The number of aliphatic hydroxyl groups is 2. The SMILES string of the molecule is CC(C)C(=O)N1CCC(O)C(O)C1.CCCC(C)C(=O)N1CCC(NC)CC1. The molecule has 7 heteroatoms. The molecule has 3 N–H and O–H groups in total. The maximum Gasteiger partial charge on any atom is 0.225 e. The Bertz CT molecular complexity index is 478. The highest BCUT2D eigenvalue weighted by atomic mass is 16.3. The molecule has 0 bridgehead atoms. The van der Waals surface area contributed by atoms with Gasteiger partial charge in [0, 0.05) is 44.1 Å². The molecule has 0 saturated carbocycles. The van der Waals surface area contributed by atoms with Crippen LogP contribution in [-0.2, 0) is 9.59 Å². The summed E-state index contributed by atoms with van der Waals surface area (Å²) in [5.74, 6) is 0.570. The molecular weight excluding hydrogens is 358 g/mol. The first kappa shape index (κ1) is 24.9. The molecule has 7 nitrogen and oxygen atoms in total. The third-order valence-corrected chi connectivity index (χ3v) is 5.71. The summed E-state index contributed by atoms with van der Waals surface area (Å²) in [6.07, 6.45) is 3.33. The first-order valence-corrected chi connectivity index (χ1v) is 10.8. The topological polar surface area (TPSA) is 93.1 Å². The molecule has 3 unspecified atom stereocenters. The Balaban J connectivity index is 0.000000283. The van der Waals surface area contributed by atoms with Gasteiger partial charge in [-0.25, -0.2) is 0 Å². The van der Waals surface area contributed by atoms with Gasteiger partial charge in [-0.1, -0.05) is 34.1 Å². The van der Waals surface area contributed by atoms with E-state index in [1.165, 1.54) is 0 Å². The number of nitrogens with zero attached hydrogens (tertiary/aromatic N) is 2. The van der Waals surface area contributed by atoms with Crippen molar-refractivity contribution in [3.63, 3.8) is 0 Å². The lowest BCUT2D eigenvalue weighted by molar-refractivity contribution is -0.141. The van der Waals surface area contributed by atoms with Gasteiger partial charge in [-0.05, 0) is 32.7 Å². The van der Waals surface area contributed by atoms with Crippen LogP contribution in [0.5, 0.6) is 0 Å². The predicted molar refractivity (Wildman–Crippen MR) is 111 cm³/mol. The van der Waals surface area contributed by atoms with E-state index in [-0.39, 0.29) is 24.3 Å². The van der Waals surface area contributed by atoms with Crippen LogP contribution in [0.3, 0.4) is 0 Å². The number of piperidine rings is 2. The summed E-state index contributed by atoms with van der Waals surface area (Å²) >= 11 is 0. The Morgan fingerprint density at radius 1 is 0.964 bits per heavy atom. The van der Waals surface area contributed by atoms with Gasteiger partial charge in [-0.15, -0.1) is 0 Å². The van der Waals surface area contributed by atoms with E-state index in [4.69, 9.17) is 0 Å². The molecular formula is C21H41N3O4. The van der Waals surface area contributed by atoms with Gasteiger partial charge in [-0.3, -0.25) is 9.59 Å². The van der Waals surface area contributed by atoms with Crippen LogP contribution in [0.2, 0.25) is 0 Å². The van der Waals surface area contributed by atoms with Crippen LogP contribution in [0.4, 0.5) is 0 Å². The average molecular weight is 400 g/mol. The zero-order valence-corrected chi connectivity index (χ0v) is 18.4. The molecule has 0 aromatic rings. The maximum atomic E-state index is 12.0. The number of nitrogens with one attached hydrogen (secondary N) is 1. The minimum Gasteiger partial charge on any atom is -0.390 e. The lowest BCUT2D eigenvalue weighted by atomic mass is 10.0. The Kier molecular flexibility index (Phi) is 11.0. The fraction of sp³-hybridized carbons (Fsp3) is 0.905. The molecule has 3 atom stereocenters. The molecule has 2 rings (SSSR count). The van der Waals surface area contributed by atoms with Crippen LogP contribution >= 0.6 is 0 Å². The van der Waals surface area contributed by atoms with E-state index in [0.717, 1.165) is 38.8 Å². The number of likely N-dealkylation sites (tertiary alicyclic amines) is 2. The van der Waals surface area contributed by atoms with Crippen LogP contribution in [-0.4, -0.2) is 83.3 Å². The van der Waals surface area contributed by atoms with Gasteiger partial charge in [0.05, 0.1) is 12.2 Å². The van der Waals surface area contributed by atoms with E-state index >= 15 is 0 Å². The first-order chi connectivity index (χ1) is 13.2. The summed E-state index contributed by atoms with van der Waals surface area (Å²) in [4.78, 5) is 27.1. The minimum absolute atomic E-state index is 0.0394. The van der Waals surface area contributed by atoms with Crippen molar-refractivity contribution < 1.29 is 19.8 Å². The van der Waals surface area contributed by atoms with Crippen molar-refractivity contribution in [2.24, 2.45) is 11.8 Å². The van der Waals surface area contributed by atoms with Crippen LogP contribution in [0.25, 0.3) is 0 Å². The number of rotatable bonds is 5. The quantitative estimate of drug-likeness (QED) is 0.647. The number of carbonyl (C=O) groups excluding carboxylic acids is 2. The second-order valence-corrected chi connectivity index (χ2v) is 8.44. The molecule has 2 saturated heterocycles. The highest BCUT2D eigenvalue weighted by Gasteiger charge is 2.29. The number of amides is 2. The Morgan fingerprint density at radius 3 is 2.00 bits per heavy atom. The summed E-state index contributed by atoms with van der Waals surface area (Å²) < 4.78 is 0. The molecule has 2 heterocycles. The van der Waals surface area contributed by atoms with Crippen LogP contribution < -0.4 is 5.32 Å². The molecule has 0 aromatic carbocycles. The van der Waals surface area contributed by atoms with Gasteiger partial charge >= 0.3 is 0 Å². The van der Waals surface area contributed by atoms with Crippen molar-refractivity contribution in [1.82, 2.24) is 15.1 Å². The number of carbonyl (C=O) groups is 2. The van der Waals surface area contributed by atoms with Gasteiger partial charge < -0.3 is 25.3 Å². The lowest BCUT2D eigenvalue weighted by Gasteiger charge is -2.34. The van der Waals surface area contributed by atoms with Gasteiger partial charge in [0.1, 0.15) is 0 Å². The smallest absolute Gasteiger partial charge is 0.225 e. The highest BCUT2D eigenvalue weighted by molar-refractivity contribution is 5.78. The molecule has 2 aliphatic heterocycles. The molecule has 2 fully saturated rings. The molecule has 0 spiro atoms. The summed E-state index contributed by atoms with van der Waals surface area (Å²) in [6.45, 7) is 10.5. The van der Waals surface area contributed by atoms with Gasteiger partial charge in [0.2, 0.25) is 11.8 Å². The predicted octanol–water partition coefficient (Wildman–Crippen LogP) is 1.23. The summed E-state index contributed by atoms with van der Waals surface area (Å²) in [5.41, 5.74) is 0. The Hall–Kier alpha value is -1.18. The van der Waals surface area contributed by atoms with Crippen LogP contribution in [0, 0.1) is 11.8 Å². The number of hydrogen-bond donors (Lipinski definition) is 3. The molecule has 0 aliphatic carbocycles. The average Bonchev–Trinajstić information content (AvgIpc) is 2.69. The summed E-state index contributed by atoms with van der Waals surface area (Å²) in [6, 6.07) is 0.607. The van der Waals surface area contributed by atoms with Gasteiger partial charge in [0.25, 0.3) is 0 Å². The number of β-amino-alcohol motifs (C(OH)–C–C–N with tert-alkyl or cyclic N) is 1. The van der Waals surface area contributed by atoms with Crippen molar-refractivity contribution in [2.75, 3.05) is 33.2 Å². The number of hydrogen-bond acceptors (Lipinski definition) is 5. The molecule has 2 aliphatic rings. The van der Waals surface area contributed by atoms with Crippen molar-refractivity contribution in [3.05, 3.63) is 0 Å². The summed E-state index contributed by atoms with van der Waals surface area (Å²) in [5, 5.41) is 21.8. The van der Waals surface area contributed by atoms with Crippen LogP contribution in [0.15, 0.2) is 0 Å². The van der Waals surface area contributed by atoms with E-state index in [1.807, 2.05) is 25.8 Å². The highest BCUT2D eigenvalue weighted by Crippen LogP contribution is 2.16. The van der Waals surface area contributed by atoms with E-state index in [2.05, 4.69) is 19.2 Å². The van der Waals surface area contributed by atoms with Crippen molar-refractivity contribution in [2.45, 2.75) is 78.0 Å². The molecule has 0 radical (unpaired) electrons. The van der Waals surface area contributed by atoms with E-state index < -0.39 is 12.2 Å². The lowest BCUT2D eigenvalue weighted by Crippen LogP contribution is -2.50.